The Hall–Kier alpha value is -1.47. The maximum Gasteiger partial charge on any atom is 0.321 e. The van der Waals surface area contributed by atoms with Gasteiger partial charge in [-0.25, -0.2) is 0 Å². The first kappa shape index (κ1) is 11.6. The predicted molar refractivity (Wildman–Crippen MR) is 56.7 cm³/mol. The second-order valence-electron chi connectivity index (χ2n) is 4.47. The molecule has 7 nitrogen and oxygen atoms in total. The summed E-state index contributed by atoms with van der Waals surface area (Å²) in [4.78, 5) is 15.9. The first-order chi connectivity index (χ1) is 8.76. The van der Waals surface area contributed by atoms with Gasteiger partial charge in [0.25, 0.3) is 0 Å². The van der Waals surface area contributed by atoms with Crippen molar-refractivity contribution in [2.45, 2.75) is 24.4 Å². The van der Waals surface area contributed by atoms with Crippen LogP contribution in [-0.2, 0) is 24.4 Å². The van der Waals surface area contributed by atoms with Crippen molar-refractivity contribution in [1.29, 1.82) is 0 Å². The third kappa shape index (κ3) is 1.79. The predicted octanol–water partition coefficient (Wildman–Crippen LogP) is 0.362. The van der Waals surface area contributed by atoms with Crippen molar-refractivity contribution in [3.05, 3.63) is 11.7 Å². The highest BCUT2D eigenvalue weighted by Crippen LogP contribution is 2.48. The van der Waals surface area contributed by atoms with Crippen molar-refractivity contribution < 1.29 is 23.5 Å². The molecule has 2 heterocycles. The Morgan fingerprint density at radius 2 is 2.28 bits per heavy atom. The van der Waals surface area contributed by atoms with E-state index in [0.29, 0.717) is 44.4 Å². The second kappa shape index (κ2) is 4.33. The van der Waals surface area contributed by atoms with Crippen molar-refractivity contribution in [1.82, 2.24) is 10.1 Å². The van der Waals surface area contributed by atoms with Gasteiger partial charge in [0.05, 0.1) is 26.9 Å². The van der Waals surface area contributed by atoms with Gasteiger partial charge in [0, 0.05) is 0 Å². The highest BCUT2D eigenvalue weighted by Gasteiger charge is 2.57. The molecule has 1 saturated carbocycles. The third-order valence-electron chi connectivity index (χ3n) is 3.28. The molecular formula is C11H14N2O5. The van der Waals surface area contributed by atoms with Crippen LogP contribution in [0.1, 0.15) is 30.7 Å². The summed E-state index contributed by atoms with van der Waals surface area (Å²) in [6, 6.07) is 0. The van der Waals surface area contributed by atoms with Gasteiger partial charge in [-0.1, -0.05) is 5.16 Å². The molecule has 1 aromatic heterocycles. The van der Waals surface area contributed by atoms with Crippen LogP contribution in [0.25, 0.3) is 0 Å². The van der Waals surface area contributed by atoms with Crippen LogP contribution in [0.4, 0.5) is 0 Å². The van der Waals surface area contributed by atoms with Gasteiger partial charge in [-0.2, -0.15) is 4.98 Å². The Bertz CT molecular complexity index is 448. The number of ether oxygens (including phenoxy) is 3. The fourth-order valence-corrected chi connectivity index (χ4v) is 2.02. The van der Waals surface area contributed by atoms with Crippen LogP contribution in [0.3, 0.4) is 0 Å². The van der Waals surface area contributed by atoms with Gasteiger partial charge in [0.15, 0.2) is 0 Å². The molecule has 0 amide bonds. The van der Waals surface area contributed by atoms with Crippen LogP contribution in [0.15, 0.2) is 4.52 Å². The Morgan fingerprint density at radius 1 is 1.44 bits per heavy atom. The molecule has 1 saturated heterocycles. The zero-order valence-electron chi connectivity index (χ0n) is 10.0. The second-order valence-corrected chi connectivity index (χ2v) is 4.47. The molecule has 3 rings (SSSR count). The van der Waals surface area contributed by atoms with E-state index in [9.17, 15) is 4.79 Å². The van der Waals surface area contributed by atoms with E-state index in [-0.39, 0.29) is 12.1 Å². The summed E-state index contributed by atoms with van der Waals surface area (Å²) in [6.07, 6.45) is 1.05. The molecule has 2 fully saturated rings. The number of rotatable bonds is 3. The van der Waals surface area contributed by atoms with Gasteiger partial charge in [0.1, 0.15) is 11.5 Å². The molecule has 7 heteroatoms. The SMILES string of the molecule is COC(=O)C1(c2nc(C3COCCO3)no2)CC1. The number of aromatic nitrogens is 2. The van der Waals surface area contributed by atoms with Crippen LogP contribution in [0.5, 0.6) is 0 Å². The van der Waals surface area contributed by atoms with Crippen LogP contribution >= 0.6 is 0 Å². The molecule has 0 radical (unpaired) electrons. The zero-order valence-corrected chi connectivity index (χ0v) is 10.0. The maximum absolute atomic E-state index is 11.7. The molecule has 0 bridgehead atoms. The Balaban J connectivity index is 1.79. The van der Waals surface area contributed by atoms with Crippen molar-refractivity contribution in [2.75, 3.05) is 26.9 Å². The van der Waals surface area contributed by atoms with E-state index < -0.39 is 5.41 Å². The lowest BCUT2D eigenvalue weighted by Gasteiger charge is -2.19. The number of carbonyl (C=O) groups excluding carboxylic acids is 1. The lowest BCUT2D eigenvalue weighted by Crippen LogP contribution is -2.24. The lowest BCUT2D eigenvalue weighted by atomic mass is 10.1. The minimum atomic E-state index is -0.727. The molecule has 1 aliphatic heterocycles. The van der Waals surface area contributed by atoms with Gasteiger partial charge < -0.3 is 18.7 Å². The zero-order chi connectivity index (χ0) is 12.6. The summed E-state index contributed by atoms with van der Waals surface area (Å²) < 4.78 is 20.7. The average molecular weight is 254 g/mol. The molecule has 1 aromatic rings. The molecular weight excluding hydrogens is 240 g/mol. The van der Waals surface area contributed by atoms with Crippen molar-refractivity contribution in [3.8, 4) is 0 Å². The summed E-state index contributed by atoms with van der Waals surface area (Å²) in [5, 5.41) is 3.86. The summed E-state index contributed by atoms with van der Waals surface area (Å²) in [7, 11) is 1.36. The summed E-state index contributed by atoms with van der Waals surface area (Å²) in [6.45, 7) is 1.49. The number of methoxy groups -OCH3 is 1. The first-order valence-electron chi connectivity index (χ1n) is 5.88. The minimum absolute atomic E-state index is 0.315. The summed E-state index contributed by atoms with van der Waals surface area (Å²) in [5.41, 5.74) is -0.727. The summed E-state index contributed by atoms with van der Waals surface area (Å²) in [5.74, 6) is 0.428. The quantitative estimate of drug-likeness (QED) is 0.720. The molecule has 1 aliphatic carbocycles. The maximum atomic E-state index is 11.7. The Kier molecular flexibility index (Phi) is 2.79. The molecule has 1 unspecified atom stereocenters. The molecule has 0 aromatic carbocycles. The molecule has 1 atom stereocenters. The van der Waals surface area contributed by atoms with Crippen molar-refractivity contribution >= 4 is 5.97 Å². The van der Waals surface area contributed by atoms with Crippen LogP contribution in [0.2, 0.25) is 0 Å². The van der Waals surface area contributed by atoms with Gasteiger partial charge in [0.2, 0.25) is 11.7 Å². The van der Waals surface area contributed by atoms with Gasteiger partial charge in [-0.15, -0.1) is 0 Å². The van der Waals surface area contributed by atoms with E-state index in [1.54, 1.807) is 0 Å². The smallest absolute Gasteiger partial charge is 0.321 e. The van der Waals surface area contributed by atoms with Crippen LogP contribution in [-0.4, -0.2) is 43.0 Å². The van der Waals surface area contributed by atoms with Crippen LogP contribution < -0.4 is 0 Å². The number of nitrogens with zero attached hydrogens (tertiary/aromatic N) is 2. The van der Waals surface area contributed by atoms with E-state index in [4.69, 9.17) is 18.7 Å². The van der Waals surface area contributed by atoms with Gasteiger partial charge in [-0.05, 0) is 12.8 Å². The van der Waals surface area contributed by atoms with E-state index in [2.05, 4.69) is 10.1 Å². The average Bonchev–Trinajstić information content (AvgIpc) is 3.09. The Morgan fingerprint density at radius 3 is 2.89 bits per heavy atom. The molecule has 2 aliphatic rings. The standard InChI is InChI=1S/C11H14N2O5/c1-15-10(14)11(2-3-11)9-12-8(13-18-9)7-6-16-4-5-17-7/h7H,2-6H2,1H3. The van der Waals surface area contributed by atoms with E-state index in [1.165, 1.54) is 7.11 Å². The topological polar surface area (TPSA) is 83.7 Å². The monoisotopic (exact) mass is 254 g/mol. The molecule has 98 valence electrons. The number of carbonyl (C=O) groups is 1. The summed E-state index contributed by atoms with van der Waals surface area (Å²) >= 11 is 0. The normalized spacial score (nSPS) is 25.7. The highest BCUT2D eigenvalue weighted by molar-refractivity contribution is 5.85. The minimum Gasteiger partial charge on any atom is -0.468 e. The third-order valence-corrected chi connectivity index (χ3v) is 3.28. The first-order valence-corrected chi connectivity index (χ1v) is 5.88. The van der Waals surface area contributed by atoms with E-state index in [1.807, 2.05) is 0 Å². The molecule has 0 spiro atoms. The lowest BCUT2D eigenvalue weighted by molar-refractivity contribution is -0.144. The van der Waals surface area contributed by atoms with Crippen molar-refractivity contribution in [3.63, 3.8) is 0 Å². The number of hydrogen-bond acceptors (Lipinski definition) is 7. The Labute approximate surface area is 103 Å². The van der Waals surface area contributed by atoms with E-state index >= 15 is 0 Å². The fourth-order valence-electron chi connectivity index (χ4n) is 2.02. The fraction of sp³-hybridized carbons (Fsp3) is 0.727. The highest BCUT2D eigenvalue weighted by atomic mass is 16.6. The molecule has 18 heavy (non-hydrogen) atoms. The van der Waals surface area contributed by atoms with Crippen molar-refractivity contribution in [2.24, 2.45) is 0 Å². The number of hydrogen-bond donors (Lipinski definition) is 0. The van der Waals surface area contributed by atoms with Gasteiger partial charge in [-0.3, -0.25) is 4.79 Å². The molecule has 0 N–H and O–H groups in total. The largest absolute Gasteiger partial charge is 0.468 e. The van der Waals surface area contributed by atoms with Gasteiger partial charge >= 0.3 is 5.97 Å². The van der Waals surface area contributed by atoms with Crippen LogP contribution in [0, 0.1) is 0 Å². The van der Waals surface area contributed by atoms with E-state index in [0.717, 1.165) is 0 Å². The number of esters is 1.